The number of anilines is 3. The van der Waals surface area contributed by atoms with Gasteiger partial charge in [0.05, 0.1) is 16.3 Å². The van der Waals surface area contributed by atoms with Crippen LogP contribution in [0.4, 0.5) is 17.1 Å². The maximum absolute atomic E-state index is 13.5. The molecule has 2 heterocycles. The Balaban J connectivity index is 1.33. The second-order valence-electron chi connectivity index (χ2n) is 11.0. The van der Waals surface area contributed by atoms with E-state index in [0.717, 1.165) is 61.6 Å². The Morgan fingerprint density at radius 3 is 2.05 bits per heavy atom. The summed E-state index contributed by atoms with van der Waals surface area (Å²) in [5, 5.41) is 6.93. The summed E-state index contributed by atoms with van der Waals surface area (Å²) in [6, 6.07) is 22.6. The number of piperidine rings is 2. The molecule has 2 N–H and O–H groups in total. The van der Waals surface area contributed by atoms with Gasteiger partial charge in [0.25, 0.3) is 0 Å². The molecule has 3 aromatic rings. The molecule has 3 aromatic carbocycles. The van der Waals surface area contributed by atoms with Crippen LogP contribution < -0.4 is 20.3 Å². The van der Waals surface area contributed by atoms with Crippen molar-refractivity contribution >= 4 is 44.4 Å². The Bertz CT molecular complexity index is 1400. The van der Waals surface area contributed by atoms with Crippen molar-refractivity contribution in [2.75, 3.05) is 41.7 Å². The van der Waals surface area contributed by atoms with Crippen LogP contribution in [0.3, 0.4) is 0 Å². The van der Waals surface area contributed by atoms with Gasteiger partial charge in [-0.2, -0.15) is 4.31 Å². The zero-order valence-corrected chi connectivity index (χ0v) is 24.8. The summed E-state index contributed by atoms with van der Waals surface area (Å²) in [6.45, 7) is 7.42. The van der Waals surface area contributed by atoms with Crippen LogP contribution in [0.2, 0.25) is 0 Å². The van der Waals surface area contributed by atoms with E-state index in [1.54, 1.807) is 16.4 Å². The predicted octanol–water partition coefficient (Wildman–Crippen LogP) is 6.94. The number of sulfonamides is 1. The van der Waals surface area contributed by atoms with Gasteiger partial charge in [-0.3, -0.25) is 0 Å². The number of hydrogen-bond donors (Lipinski definition) is 2. The molecule has 2 fully saturated rings. The van der Waals surface area contributed by atoms with E-state index in [-0.39, 0.29) is 0 Å². The van der Waals surface area contributed by atoms with Crippen LogP contribution in [0.5, 0.6) is 11.5 Å². The summed E-state index contributed by atoms with van der Waals surface area (Å²) in [5.41, 5.74) is 2.47. The number of nitrogens with one attached hydrogen (secondary N) is 2. The van der Waals surface area contributed by atoms with Gasteiger partial charge in [-0.05, 0) is 104 Å². The second kappa shape index (κ2) is 12.6. The Morgan fingerprint density at radius 1 is 0.800 bits per heavy atom. The minimum absolute atomic E-state index is 0.295. The zero-order chi connectivity index (χ0) is 28.1. The van der Waals surface area contributed by atoms with Crippen molar-refractivity contribution < 1.29 is 13.2 Å². The number of benzene rings is 3. The summed E-state index contributed by atoms with van der Waals surface area (Å²) < 4.78 is 34.6. The molecular formula is C31H38N4O3S2. The highest BCUT2D eigenvalue weighted by atomic mass is 32.2. The molecule has 9 heteroatoms. The van der Waals surface area contributed by atoms with Gasteiger partial charge in [0.15, 0.2) is 5.11 Å². The van der Waals surface area contributed by atoms with Gasteiger partial charge in [0, 0.05) is 31.9 Å². The van der Waals surface area contributed by atoms with Crippen molar-refractivity contribution in [2.24, 2.45) is 11.8 Å². The van der Waals surface area contributed by atoms with E-state index in [4.69, 9.17) is 17.0 Å². The van der Waals surface area contributed by atoms with Crippen LogP contribution >= 0.6 is 12.2 Å². The van der Waals surface area contributed by atoms with Crippen LogP contribution in [0.25, 0.3) is 0 Å². The molecule has 0 atom stereocenters. The van der Waals surface area contributed by atoms with E-state index < -0.39 is 10.0 Å². The largest absolute Gasteiger partial charge is 0.457 e. The van der Waals surface area contributed by atoms with Gasteiger partial charge < -0.3 is 20.3 Å². The molecule has 7 nitrogen and oxygen atoms in total. The Labute approximate surface area is 243 Å². The van der Waals surface area contributed by atoms with E-state index in [2.05, 4.69) is 29.4 Å². The summed E-state index contributed by atoms with van der Waals surface area (Å²) in [5.74, 6) is 2.73. The lowest BCUT2D eigenvalue weighted by Crippen LogP contribution is -2.38. The van der Waals surface area contributed by atoms with Gasteiger partial charge in [-0.1, -0.05) is 32.0 Å². The number of nitrogens with zero attached hydrogens (tertiary/aromatic N) is 2. The predicted molar refractivity (Wildman–Crippen MR) is 167 cm³/mol. The van der Waals surface area contributed by atoms with Crippen molar-refractivity contribution in [2.45, 2.75) is 44.4 Å². The van der Waals surface area contributed by atoms with E-state index >= 15 is 0 Å². The van der Waals surface area contributed by atoms with Crippen LogP contribution in [-0.4, -0.2) is 44.0 Å². The number of rotatable bonds is 7. The van der Waals surface area contributed by atoms with Gasteiger partial charge in [-0.25, -0.2) is 8.42 Å². The van der Waals surface area contributed by atoms with Crippen molar-refractivity contribution in [3.8, 4) is 11.5 Å². The average molecular weight is 579 g/mol. The van der Waals surface area contributed by atoms with E-state index in [1.807, 2.05) is 60.7 Å². The van der Waals surface area contributed by atoms with Gasteiger partial charge in [0.2, 0.25) is 10.0 Å². The van der Waals surface area contributed by atoms with Crippen molar-refractivity contribution in [3.05, 3.63) is 72.8 Å². The molecule has 0 radical (unpaired) electrons. The SMILES string of the molecule is CC1CCN(c2ccc(S(=O)(=O)N3CCC(C)CC3)cc2NC(=S)Nc2ccc(Oc3ccccc3)cc2)CC1. The molecular weight excluding hydrogens is 541 g/mol. The zero-order valence-electron chi connectivity index (χ0n) is 23.2. The first-order valence-electron chi connectivity index (χ1n) is 14.1. The topological polar surface area (TPSA) is 73.9 Å². The van der Waals surface area contributed by atoms with Crippen LogP contribution in [-0.2, 0) is 10.0 Å². The molecule has 5 rings (SSSR count). The fraction of sp³-hybridized carbons (Fsp3) is 0.387. The molecule has 0 bridgehead atoms. The number of ether oxygens (including phenoxy) is 1. The van der Waals surface area contributed by atoms with Gasteiger partial charge >= 0.3 is 0 Å². The maximum atomic E-state index is 13.5. The number of hydrogen-bond acceptors (Lipinski definition) is 5. The lowest BCUT2D eigenvalue weighted by atomic mass is 9.98. The van der Waals surface area contributed by atoms with E-state index in [1.165, 1.54) is 0 Å². The molecule has 40 heavy (non-hydrogen) atoms. The first-order chi connectivity index (χ1) is 19.3. The minimum Gasteiger partial charge on any atom is -0.457 e. The van der Waals surface area contributed by atoms with Gasteiger partial charge in [0.1, 0.15) is 11.5 Å². The number of thiocarbonyl (C=S) groups is 1. The van der Waals surface area contributed by atoms with Crippen LogP contribution in [0.15, 0.2) is 77.7 Å². The lowest BCUT2D eigenvalue weighted by Gasteiger charge is -2.34. The Morgan fingerprint density at radius 2 is 1.40 bits per heavy atom. The first-order valence-corrected chi connectivity index (χ1v) is 15.9. The lowest BCUT2D eigenvalue weighted by molar-refractivity contribution is 0.288. The van der Waals surface area contributed by atoms with Gasteiger partial charge in [-0.15, -0.1) is 0 Å². The molecule has 2 aliphatic rings. The molecule has 0 saturated carbocycles. The standard InChI is InChI=1S/C31H38N4O3S2/c1-23-14-18-34(19-15-23)30-13-12-28(40(36,37)35-20-16-24(2)17-21-35)22-29(30)33-31(39)32-25-8-10-27(11-9-25)38-26-6-4-3-5-7-26/h3-13,22-24H,14-21H2,1-2H3,(H2,32,33,39). The molecule has 212 valence electrons. The maximum Gasteiger partial charge on any atom is 0.243 e. The van der Waals surface area contributed by atoms with Crippen LogP contribution in [0, 0.1) is 11.8 Å². The molecule has 0 amide bonds. The smallest absolute Gasteiger partial charge is 0.243 e. The van der Waals surface area contributed by atoms with Crippen molar-refractivity contribution in [1.29, 1.82) is 0 Å². The molecule has 0 unspecified atom stereocenters. The fourth-order valence-corrected chi connectivity index (χ4v) is 6.92. The first kappa shape index (κ1) is 28.4. The monoisotopic (exact) mass is 578 g/mol. The van der Waals surface area contributed by atoms with E-state index in [9.17, 15) is 8.42 Å². The summed E-state index contributed by atoms with van der Waals surface area (Å²) in [6.07, 6.45) is 3.98. The highest BCUT2D eigenvalue weighted by molar-refractivity contribution is 7.89. The van der Waals surface area contributed by atoms with Crippen molar-refractivity contribution in [3.63, 3.8) is 0 Å². The third-order valence-electron chi connectivity index (χ3n) is 7.81. The van der Waals surface area contributed by atoms with Crippen molar-refractivity contribution in [1.82, 2.24) is 4.31 Å². The summed E-state index contributed by atoms with van der Waals surface area (Å²) in [7, 11) is -3.59. The fourth-order valence-electron chi connectivity index (χ4n) is 5.19. The Kier molecular flexibility index (Phi) is 8.93. The minimum atomic E-state index is -3.59. The normalized spacial score (nSPS) is 17.4. The quantitative estimate of drug-likeness (QED) is 0.294. The summed E-state index contributed by atoms with van der Waals surface area (Å²) >= 11 is 5.68. The molecule has 2 aliphatic heterocycles. The third-order valence-corrected chi connectivity index (χ3v) is 9.91. The highest BCUT2D eigenvalue weighted by Crippen LogP contribution is 2.34. The average Bonchev–Trinajstić information content (AvgIpc) is 2.95. The van der Waals surface area contributed by atoms with Crippen LogP contribution in [0.1, 0.15) is 39.5 Å². The molecule has 0 spiro atoms. The molecule has 0 aliphatic carbocycles. The van der Waals surface area contributed by atoms with E-state index in [0.29, 0.717) is 40.6 Å². The summed E-state index contributed by atoms with van der Waals surface area (Å²) in [4.78, 5) is 2.61. The molecule has 0 aromatic heterocycles. The second-order valence-corrected chi connectivity index (χ2v) is 13.3. The highest BCUT2D eigenvalue weighted by Gasteiger charge is 2.29. The molecule has 2 saturated heterocycles. The number of para-hydroxylation sites is 1. The Hall–Kier alpha value is -3.14. The third kappa shape index (κ3) is 6.95.